The summed E-state index contributed by atoms with van der Waals surface area (Å²) in [5.74, 6) is 1.88. The molecule has 1 unspecified atom stereocenters. The Morgan fingerprint density at radius 3 is 2.65 bits per heavy atom. The first-order chi connectivity index (χ1) is 11.9. The van der Waals surface area contributed by atoms with Crippen LogP contribution in [0, 0.1) is 5.41 Å². The second-order valence-electron chi connectivity index (χ2n) is 7.42. The van der Waals surface area contributed by atoms with E-state index in [2.05, 4.69) is 46.5 Å². The van der Waals surface area contributed by atoms with Crippen molar-refractivity contribution in [3.8, 4) is 0 Å². The van der Waals surface area contributed by atoms with Gasteiger partial charge >= 0.3 is 0 Å². The molecule has 26 heavy (non-hydrogen) atoms. The van der Waals surface area contributed by atoms with Gasteiger partial charge < -0.3 is 19.9 Å². The summed E-state index contributed by atoms with van der Waals surface area (Å²) >= 11 is 0. The van der Waals surface area contributed by atoms with Gasteiger partial charge in [-0.15, -0.1) is 24.0 Å². The second kappa shape index (κ2) is 11.1. The molecule has 0 spiro atoms. The molecule has 2 rings (SSSR count). The standard InChI is InChI=1S/C18H33N5O2.HI/c1-6-19-17(21-14-8-10-18(4,5)11-9-14)20-12-15-22-16(23-25-15)13(3)24-7-2;/h13-14H,6-12H2,1-5H3,(H2,19,20,21);1H. The largest absolute Gasteiger partial charge is 0.371 e. The first kappa shape index (κ1) is 23.1. The van der Waals surface area contributed by atoms with E-state index in [9.17, 15) is 0 Å². The third-order valence-electron chi connectivity index (χ3n) is 4.66. The van der Waals surface area contributed by atoms with Crippen molar-refractivity contribution in [3.05, 3.63) is 11.7 Å². The van der Waals surface area contributed by atoms with Gasteiger partial charge in [0.25, 0.3) is 0 Å². The van der Waals surface area contributed by atoms with Gasteiger partial charge in [0.2, 0.25) is 5.89 Å². The third-order valence-corrected chi connectivity index (χ3v) is 4.66. The van der Waals surface area contributed by atoms with Crippen LogP contribution in [0.15, 0.2) is 9.52 Å². The molecule has 8 heteroatoms. The molecular weight excluding hydrogens is 445 g/mol. The zero-order chi connectivity index (χ0) is 18.3. The number of hydrogen-bond acceptors (Lipinski definition) is 5. The van der Waals surface area contributed by atoms with Crippen LogP contribution in [-0.4, -0.2) is 35.3 Å². The first-order valence-electron chi connectivity index (χ1n) is 9.42. The highest BCUT2D eigenvalue weighted by Crippen LogP contribution is 2.34. The van der Waals surface area contributed by atoms with E-state index in [1.807, 2.05) is 13.8 Å². The summed E-state index contributed by atoms with van der Waals surface area (Å²) in [6.07, 6.45) is 4.67. The molecule has 2 N–H and O–H groups in total. The maximum absolute atomic E-state index is 5.48. The van der Waals surface area contributed by atoms with Crippen molar-refractivity contribution < 1.29 is 9.26 Å². The molecular formula is C18H34IN5O2. The van der Waals surface area contributed by atoms with Crippen LogP contribution in [0.3, 0.4) is 0 Å². The predicted molar refractivity (Wildman–Crippen MR) is 114 cm³/mol. The van der Waals surface area contributed by atoms with Crippen LogP contribution in [-0.2, 0) is 11.3 Å². The maximum atomic E-state index is 5.48. The van der Waals surface area contributed by atoms with E-state index in [0.717, 1.165) is 12.5 Å². The highest BCUT2D eigenvalue weighted by atomic mass is 127. The molecule has 0 bridgehead atoms. The number of nitrogens with one attached hydrogen (secondary N) is 2. The Hall–Kier alpha value is -0.900. The van der Waals surface area contributed by atoms with E-state index >= 15 is 0 Å². The fourth-order valence-electron chi connectivity index (χ4n) is 3.03. The molecule has 1 saturated carbocycles. The molecule has 1 fully saturated rings. The van der Waals surface area contributed by atoms with E-state index in [4.69, 9.17) is 9.26 Å². The molecule has 1 atom stereocenters. The van der Waals surface area contributed by atoms with Gasteiger partial charge in [-0.2, -0.15) is 4.98 Å². The molecule has 0 aromatic carbocycles. The highest BCUT2D eigenvalue weighted by Gasteiger charge is 2.27. The Balaban J connectivity index is 0.00000338. The lowest BCUT2D eigenvalue weighted by Crippen LogP contribution is -2.45. The fraction of sp³-hybridized carbons (Fsp3) is 0.833. The van der Waals surface area contributed by atoms with Crippen molar-refractivity contribution in [2.75, 3.05) is 13.2 Å². The van der Waals surface area contributed by atoms with Crippen LogP contribution >= 0.6 is 24.0 Å². The SMILES string of the molecule is CCNC(=NCc1nc(C(C)OCC)no1)NC1CCC(C)(C)CC1.I. The monoisotopic (exact) mass is 479 g/mol. The summed E-state index contributed by atoms with van der Waals surface area (Å²) in [4.78, 5) is 8.95. The lowest BCUT2D eigenvalue weighted by molar-refractivity contribution is 0.0683. The number of halogens is 1. The summed E-state index contributed by atoms with van der Waals surface area (Å²) in [6.45, 7) is 12.4. The average Bonchev–Trinajstić information content (AvgIpc) is 3.04. The number of nitrogens with zero attached hydrogens (tertiary/aromatic N) is 3. The Morgan fingerprint density at radius 2 is 2.04 bits per heavy atom. The van der Waals surface area contributed by atoms with Gasteiger partial charge in [0, 0.05) is 19.2 Å². The van der Waals surface area contributed by atoms with Crippen LogP contribution in [0.4, 0.5) is 0 Å². The molecule has 1 aliphatic carbocycles. The third kappa shape index (κ3) is 7.38. The van der Waals surface area contributed by atoms with E-state index in [1.54, 1.807) is 0 Å². The fourth-order valence-corrected chi connectivity index (χ4v) is 3.03. The van der Waals surface area contributed by atoms with Crippen molar-refractivity contribution in [2.24, 2.45) is 10.4 Å². The molecule has 1 aromatic rings. The summed E-state index contributed by atoms with van der Waals surface area (Å²) in [7, 11) is 0. The Kier molecular flexibility index (Phi) is 9.84. The lowest BCUT2D eigenvalue weighted by atomic mass is 9.75. The van der Waals surface area contributed by atoms with Crippen molar-refractivity contribution in [1.29, 1.82) is 0 Å². The van der Waals surface area contributed by atoms with E-state index in [0.29, 0.717) is 36.3 Å². The first-order valence-corrected chi connectivity index (χ1v) is 9.42. The predicted octanol–water partition coefficient (Wildman–Crippen LogP) is 3.81. The van der Waals surface area contributed by atoms with Crippen molar-refractivity contribution in [3.63, 3.8) is 0 Å². The lowest BCUT2D eigenvalue weighted by Gasteiger charge is -2.35. The van der Waals surface area contributed by atoms with Gasteiger partial charge in [0.1, 0.15) is 12.6 Å². The summed E-state index contributed by atoms with van der Waals surface area (Å²) in [6, 6.07) is 0.474. The summed E-state index contributed by atoms with van der Waals surface area (Å²) in [5.41, 5.74) is 0.463. The van der Waals surface area contributed by atoms with Gasteiger partial charge in [-0.05, 0) is 51.9 Å². The summed E-state index contributed by atoms with van der Waals surface area (Å²) in [5, 5.41) is 10.8. The van der Waals surface area contributed by atoms with Crippen LogP contribution in [0.2, 0.25) is 0 Å². The zero-order valence-corrected chi connectivity index (χ0v) is 19.0. The molecule has 1 aromatic heterocycles. The average molecular weight is 479 g/mol. The van der Waals surface area contributed by atoms with E-state index in [1.165, 1.54) is 25.7 Å². The minimum atomic E-state index is -0.163. The minimum Gasteiger partial charge on any atom is -0.371 e. The van der Waals surface area contributed by atoms with E-state index < -0.39 is 0 Å². The number of aromatic nitrogens is 2. The molecule has 1 heterocycles. The zero-order valence-electron chi connectivity index (χ0n) is 16.7. The number of guanidine groups is 1. The number of ether oxygens (including phenoxy) is 1. The Morgan fingerprint density at radius 1 is 1.35 bits per heavy atom. The van der Waals surface area contributed by atoms with Crippen LogP contribution in [0.1, 0.15) is 78.1 Å². The van der Waals surface area contributed by atoms with Crippen molar-refractivity contribution in [1.82, 2.24) is 20.8 Å². The van der Waals surface area contributed by atoms with Gasteiger partial charge in [-0.25, -0.2) is 4.99 Å². The molecule has 0 aliphatic heterocycles. The van der Waals surface area contributed by atoms with Crippen LogP contribution < -0.4 is 10.6 Å². The van der Waals surface area contributed by atoms with Crippen molar-refractivity contribution >= 4 is 29.9 Å². The van der Waals surface area contributed by atoms with Gasteiger partial charge in [-0.3, -0.25) is 0 Å². The molecule has 0 amide bonds. The van der Waals surface area contributed by atoms with Crippen LogP contribution in [0.25, 0.3) is 0 Å². The molecule has 150 valence electrons. The molecule has 0 radical (unpaired) electrons. The van der Waals surface area contributed by atoms with E-state index in [-0.39, 0.29) is 30.1 Å². The normalized spacial score (nSPS) is 18.9. The molecule has 7 nitrogen and oxygen atoms in total. The number of aliphatic imine (C=N–C) groups is 1. The molecule has 0 saturated heterocycles. The second-order valence-corrected chi connectivity index (χ2v) is 7.42. The Labute approximate surface area is 174 Å². The number of hydrogen-bond donors (Lipinski definition) is 2. The molecule has 1 aliphatic rings. The Bertz CT molecular complexity index is 552. The topological polar surface area (TPSA) is 84.6 Å². The maximum Gasteiger partial charge on any atom is 0.248 e. The highest BCUT2D eigenvalue weighted by molar-refractivity contribution is 14.0. The van der Waals surface area contributed by atoms with Gasteiger partial charge in [-0.1, -0.05) is 19.0 Å². The number of rotatable bonds is 7. The summed E-state index contributed by atoms with van der Waals surface area (Å²) < 4.78 is 10.8. The van der Waals surface area contributed by atoms with Gasteiger partial charge in [0.05, 0.1) is 0 Å². The van der Waals surface area contributed by atoms with Gasteiger partial charge in [0.15, 0.2) is 11.8 Å². The quantitative estimate of drug-likeness (QED) is 0.352. The minimum absolute atomic E-state index is 0. The van der Waals surface area contributed by atoms with Crippen LogP contribution in [0.5, 0.6) is 0 Å². The smallest absolute Gasteiger partial charge is 0.248 e. The van der Waals surface area contributed by atoms with Crippen molar-refractivity contribution in [2.45, 2.75) is 79.0 Å².